The third-order valence-electron chi connectivity index (χ3n) is 5.25. The first-order chi connectivity index (χ1) is 10.6. The molecular formula is C16H21FN2O2S. The lowest BCUT2D eigenvalue weighted by Gasteiger charge is -2.25. The largest absolute Gasteiger partial charge is 0.298 e. The van der Waals surface area contributed by atoms with Gasteiger partial charge in [-0.1, -0.05) is 0 Å². The Hall–Kier alpha value is -0.980. The maximum atomic E-state index is 13.0. The summed E-state index contributed by atoms with van der Waals surface area (Å²) >= 11 is 0. The molecule has 2 atom stereocenters. The highest BCUT2D eigenvalue weighted by atomic mass is 32.2. The normalized spacial score (nSPS) is 29.9. The molecule has 0 aromatic heterocycles. The predicted molar refractivity (Wildman–Crippen MR) is 81.4 cm³/mol. The summed E-state index contributed by atoms with van der Waals surface area (Å²) in [6.07, 6.45) is 4.48. The third-order valence-corrected chi connectivity index (χ3v) is 7.19. The van der Waals surface area contributed by atoms with Gasteiger partial charge in [0.25, 0.3) is 0 Å². The Morgan fingerprint density at radius 2 is 1.68 bits per heavy atom. The van der Waals surface area contributed by atoms with Crippen LogP contribution in [0.5, 0.6) is 0 Å². The molecule has 0 bridgehead atoms. The van der Waals surface area contributed by atoms with Crippen molar-refractivity contribution < 1.29 is 12.8 Å². The average molecular weight is 324 g/mol. The molecule has 120 valence electrons. The van der Waals surface area contributed by atoms with Crippen LogP contribution in [-0.4, -0.2) is 49.3 Å². The number of sulfonamides is 1. The molecule has 3 fully saturated rings. The van der Waals surface area contributed by atoms with Gasteiger partial charge in [0.1, 0.15) is 5.82 Å². The molecule has 1 aliphatic carbocycles. The topological polar surface area (TPSA) is 40.6 Å². The summed E-state index contributed by atoms with van der Waals surface area (Å²) in [5, 5.41) is 0. The van der Waals surface area contributed by atoms with Gasteiger partial charge in [0.05, 0.1) is 4.90 Å². The SMILES string of the molecule is O=S(=O)(c1ccc(F)cc1)N1CC[C@H]2[C@H]1CCN2CC1CC1. The van der Waals surface area contributed by atoms with E-state index in [9.17, 15) is 12.8 Å². The Balaban J connectivity index is 1.54. The van der Waals surface area contributed by atoms with Crippen LogP contribution in [0.2, 0.25) is 0 Å². The second-order valence-corrected chi connectivity index (χ2v) is 8.61. The van der Waals surface area contributed by atoms with Crippen molar-refractivity contribution in [2.75, 3.05) is 19.6 Å². The van der Waals surface area contributed by atoms with Gasteiger partial charge in [0.2, 0.25) is 10.0 Å². The van der Waals surface area contributed by atoms with E-state index in [-0.39, 0.29) is 10.9 Å². The van der Waals surface area contributed by atoms with Gasteiger partial charge in [0.15, 0.2) is 0 Å². The van der Waals surface area contributed by atoms with Gasteiger partial charge in [-0.25, -0.2) is 12.8 Å². The number of hydrogen-bond donors (Lipinski definition) is 0. The van der Waals surface area contributed by atoms with Crippen molar-refractivity contribution in [3.05, 3.63) is 30.1 Å². The van der Waals surface area contributed by atoms with E-state index in [4.69, 9.17) is 0 Å². The molecular weight excluding hydrogens is 303 g/mol. The smallest absolute Gasteiger partial charge is 0.243 e. The van der Waals surface area contributed by atoms with E-state index in [1.165, 1.54) is 37.1 Å². The average Bonchev–Trinajstić information content (AvgIpc) is 3.06. The van der Waals surface area contributed by atoms with Crippen molar-refractivity contribution in [1.29, 1.82) is 0 Å². The van der Waals surface area contributed by atoms with E-state index in [0.29, 0.717) is 12.6 Å². The van der Waals surface area contributed by atoms with Crippen molar-refractivity contribution in [1.82, 2.24) is 9.21 Å². The summed E-state index contributed by atoms with van der Waals surface area (Å²) in [5.74, 6) is 0.427. The van der Waals surface area contributed by atoms with Gasteiger partial charge in [-0.05, 0) is 55.9 Å². The monoisotopic (exact) mass is 324 g/mol. The highest BCUT2D eigenvalue weighted by Gasteiger charge is 2.48. The number of nitrogens with zero attached hydrogens (tertiary/aromatic N) is 2. The van der Waals surface area contributed by atoms with E-state index in [1.807, 2.05) is 0 Å². The quantitative estimate of drug-likeness (QED) is 0.851. The van der Waals surface area contributed by atoms with Crippen LogP contribution in [0.15, 0.2) is 29.2 Å². The third kappa shape index (κ3) is 2.47. The van der Waals surface area contributed by atoms with Crippen molar-refractivity contribution in [2.24, 2.45) is 5.92 Å². The lowest BCUT2D eigenvalue weighted by molar-refractivity contribution is 0.239. The van der Waals surface area contributed by atoms with E-state index in [0.717, 1.165) is 31.8 Å². The molecule has 1 saturated carbocycles. The molecule has 0 amide bonds. The van der Waals surface area contributed by atoms with Gasteiger partial charge in [-0.15, -0.1) is 0 Å². The number of fused-ring (bicyclic) bond motifs is 1. The molecule has 0 spiro atoms. The van der Waals surface area contributed by atoms with Crippen LogP contribution >= 0.6 is 0 Å². The number of halogens is 1. The van der Waals surface area contributed by atoms with Crippen molar-refractivity contribution in [3.8, 4) is 0 Å². The molecule has 2 saturated heterocycles. The van der Waals surface area contributed by atoms with Crippen molar-refractivity contribution in [3.63, 3.8) is 0 Å². The van der Waals surface area contributed by atoms with Crippen LogP contribution in [0, 0.1) is 11.7 Å². The maximum Gasteiger partial charge on any atom is 0.243 e. The van der Waals surface area contributed by atoms with E-state index in [1.54, 1.807) is 4.31 Å². The van der Waals surface area contributed by atoms with Crippen LogP contribution < -0.4 is 0 Å². The molecule has 0 unspecified atom stereocenters. The second kappa shape index (κ2) is 5.28. The van der Waals surface area contributed by atoms with Crippen molar-refractivity contribution in [2.45, 2.75) is 42.7 Å². The summed E-state index contributed by atoms with van der Waals surface area (Å²) in [4.78, 5) is 2.69. The van der Waals surface area contributed by atoms with Gasteiger partial charge in [0, 0.05) is 31.7 Å². The zero-order valence-electron chi connectivity index (χ0n) is 12.5. The zero-order valence-corrected chi connectivity index (χ0v) is 13.3. The van der Waals surface area contributed by atoms with E-state index >= 15 is 0 Å². The minimum Gasteiger partial charge on any atom is -0.298 e. The number of benzene rings is 1. The highest BCUT2D eigenvalue weighted by molar-refractivity contribution is 7.89. The molecule has 2 heterocycles. The number of rotatable bonds is 4. The first-order valence-corrected chi connectivity index (χ1v) is 9.51. The van der Waals surface area contributed by atoms with Crippen LogP contribution in [0.25, 0.3) is 0 Å². The van der Waals surface area contributed by atoms with Gasteiger partial charge >= 0.3 is 0 Å². The van der Waals surface area contributed by atoms with E-state index < -0.39 is 15.8 Å². The molecule has 4 rings (SSSR count). The molecule has 6 heteroatoms. The zero-order chi connectivity index (χ0) is 15.3. The summed E-state index contributed by atoms with van der Waals surface area (Å²) in [6.45, 7) is 2.71. The van der Waals surface area contributed by atoms with Gasteiger partial charge in [-0.2, -0.15) is 4.31 Å². The Morgan fingerprint density at radius 3 is 2.36 bits per heavy atom. The molecule has 1 aromatic carbocycles. The molecule has 1 aromatic rings. The number of hydrogen-bond acceptors (Lipinski definition) is 3. The van der Waals surface area contributed by atoms with Crippen LogP contribution in [-0.2, 0) is 10.0 Å². The fraction of sp³-hybridized carbons (Fsp3) is 0.625. The Kier molecular flexibility index (Phi) is 3.51. The summed E-state index contributed by atoms with van der Waals surface area (Å²) in [5.41, 5.74) is 0. The fourth-order valence-corrected chi connectivity index (χ4v) is 5.63. The predicted octanol–water partition coefficient (Wildman–Crippen LogP) is 2.07. The molecule has 22 heavy (non-hydrogen) atoms. The molecule has 3 aliphatic rings. The molecule has 0 radical (unpaired) electrons. The fourth-order valence-electron chi connectivity index (χ4n) is 3.94. The summed E-state index contributed by atoms with van der Waals surface area (Å²) in [7, 11) is -3.51. The Bertz CT molecular complexity index is 657. The summed E-state index contributed by atoms with van der Waals surface area (Å²) < 4.78 is 40.3. The van der Waals surface area contributed by atoms with Crippen molar-refractivity contribution >= 4 is 10.0 Å². The minimum absolute atomic E-state index is 0.0915. The minimum atomic E-state index is -3.51. The first-order valence-electron chi connectivity index (χ1n) is 8.07. The highest BCUT2D eigenvalue weighted by Crippen LogP contribution is 2.38. The lowest BCUT2D eigenvalue weighted by atomic mass is 10.1. The lowest BCUT2D eigenvalue weighted by Crippen LogP contribution is -2.40. The molecule has 2 aliphatic heterocycles. The standard InChI is InChI=1S/C16H21FN2O2S/c17-13-3-5-14(6-4-13)22(20,21)19-10-8-15-16(19)7-9-18(15)11-12-1-2-12/h3-6,12,15-16H,1-2,7-11H2/t15-,16+/m0/s1. The molecule has 0 N–H and O–H groups in total. The van der Waals surface area contributed by atoms with Gasteiger partial charge < -0.3 is 0 Å². The second-order valence-electron chi connectivity index (χ2n) is 6.72. The van der Waals surface area contributed by atoms with E-state index in [2.05, 4.69) is 4.90 Å². The maximum absolute atomic E-state index is 13.0. The van der Waals surface area contributed by atoms with Crippen LogP contribution in [0.3, 0.4) is 0 Å². The van der Waals surface area contributed by atoms with Crippen LogP contribution in [0.4, 0.5) is 4.39 Å². The molecule has 4 nitrogen and oxygen atoms in total. The van der Waals surface area contributed by atoms with Gasteiger partial charge in [-0.3, -0.25) is 4.90 Å². The number of likely N-dealkylation sites (tertiary alicyclic amines) is 1. The first kappa shape index (κ1) is 14.6. The summed E-state index contributed by atoms with van der Waals surface area (Å²) in [6, 6.07) is 5.64. The Labute approximate surface area is 131 Å². The van der Waals surface area contributed by atoms with Crippen LogP contribution in [0.1, 0.15) is 25.7 Å². The Morgan fingerprint density at radius 1 is 1.00 bits per heavy atom.